The van der Waals surface area contributed by atoms with Crippen molar-refractivity contribution in [2.75, 3.05) is 5.32 Å². The van der Waals surface area contributed by atoms with Crippen molar-refractivity contribution < 1.29 is 8.78 Å². The molecule has 16 heavy (non-hydrogen) atoms. The Hall–Kier alpha value is -1.61. The second kappa shape index (κ2) is 4.49. The van der Waals surface area contributed by atoms with Crippen molar-refractivity contribution in [1.82, 2.24) is 0 Å². The Morgan fingerprint density at radius 1 is 0.938 bits per heavy atom. The lowest BCUT2D eigenvalue weighted by molar-refractivity contribution is 0.591. The van der Waals surface area contributed by atoms with Crippen molar-refractivity contribution in [3.63, 3.8) is 0 Å². The van der Waals surface area contributed by atoms with E-state index in [9.17, 15) is 8.78 Å². The van der Waals surface area contributed by atoms with E-state index >= 15 is 0 Å². The van der Waals surface area contributed by atoms with Gasteiger partial charge in [-0.1, -0.05) is 23.7 Å². The summed E-state index contributed by atoms with van der Waals surface area (Å²) < 4.78 is 26.6. The lowest BCUT2D eigenvalue weighted by Gasteiger charge is -2.08. The third-order valence-corrected chi connectivity index (χ3v) is 2.29. The summed E-state index contributed by atoms with van der Waals surface area (Å²) in [6.45, 7) is 0. The molecule has 0 aliphatic rings. The first-order chi connectivity index (χ1) is 7.66. The SMILES string of the molecule is Fc1cccc(F)c1Nc1cccc(Cl)c1. The molecule has 0 radical (unpaired) electrons. The quantitative estimate of drug-likeness (QED) is 0.821. The molecule has 0 saturated carbocycles. The third-order valence-electron chi connectivity index (χ3n) is 2.06. The van der Waals surface area contributed by atoms with Gasteiger partial charge in [-0.2, -0.15) is 0 Å². The average molecular weight is 240 g/mol. The number of para-hydroxylation sites is 1. The first kappa shape index (κ1) is 10.9. The van der Waals surface area contributed by atoms with Crippen LogP contribution in [0.25, 0.3) is 0 Å². The van der Waals surface area contributed by atoms with Crippen LogP contribution in [0.15, 0.2) is 42.5 Å². The summed E-state index contributed by atoms with van der Waals surface area (Å²) in [6, 6.07) is 10.3. The van der Waals surface area contributed by atoms with Crippen LogP contribution in [-0.4, -0.2) is 0 Å². The lowest BCUT2D eigenvalue weighted by atomic mass is 10.2. The Kier molecular flexibility index (Phi) is 3.06. The van der Waals surface area contributed by atoms with Crippen LogP contribution in [0.2, 0.25) is 5.02 Å². The molecule has 0 heterocycles. The summed E-state index contributed by atoms with van der Waals surface area (Å²) in [7, 11) is 0. The van der Waals surface area contributed by atoms with Crippen molar-refractivity contribution in [2.45, 2.75) is 0 Å². The first-order valence-electron chi connectivity index (χ1n) is 4.63. The van der Waals surface area contributed by atoms with Gasteiger partial charge < -0.3 is 5.32 Å². The van der Waals surface area contributed by atoms with Gasteiger partial charge in [0.25, 0.3) is 0 Å². The number of benzene rings is 2. The van der Waals surface area contributed by atoms with E-state index in [1.54, 1.807) is 24.3 Å². The highest BCUT2D eigenvalue weighted by molar-refractivity contribution is 6.30. The molecule has 0 atom stereocenters. The Bertz CT molecular complexity index is 494. The molecule has 0 saturated heterocycles. The maximum atomic E-state index is 13.3. The van der Waals surface area contributed by atoms with Crippen molar-refractivity contribution in [3.8, 4) is 0 Å². The molecular weight excluding hydrogens is 232 g/mol. The minimum atomic E-state index is -0.639. The van der Waals surface area contributed by atoms with Crippen molar-refractivity contribution in [1.29, 1.82) is 0 Å². The predicted molar refractivity (Wildman–Crippen MR) is 61.1 cm³/mol. The van der Waals surface area contributed by atoms with Gasteiger partial charge >= 0.3 is 0 Å². The number of hydrogen-bond donors (Lipinski definition) is 1. The maximum Gasteiger partial charge on any atom is 0.149 e. The molecule has 1 N–H and O–H groups in total. The zero-order valence-corrected chi connectivity index (χ0v) is 8.93. The smallest absolute Gasteiger partial charge is 0.149 e. The van der Waals surface area contributed by atoms with Gasteiger partial charge in [0.1, 0.15) is 17.3 Å². The molecule has 82 valence electrons. The highest BCUT2D eigenvalue weighted by Gasteiger charge is 2.07. The Labute approximate surface area is 96.7 Å². The molecule has 2 aromatic rings. The van der Waals surface area contributed by atoms with Crippen molar-refractivity contribution in [3.05, 3.63) is 59.1 Å². The van der Waals surface area contributed by atoms with Gasteiger partial charge in [0, 0.05) is 10.7 Å². The van der Waals surface area contributed by atoms with Crippen LogP contribution in [0.5, 0.6) is 0 Å². The van der Waals surface area contributed by atoms with Crippen LogP contribution in [-0.2, 0) is 0 Å². The maximum absolute atomic E-state index is 13.3. The number of rotatable bonds is 2. The zero-order valence-electron chi connectivity index (χ0n) is 8.18. The summed E-state index contributed by atoms with van der Waals surface area (Å²) >= 11 is 5.76. The highest BCUT2D eigenvalue weighted by atomic mass is 35.5. The molecule has 0 amide bonds. The molecule has 2 aromatic carbocycles. The molecule has 0 aromatic heterocycles. The van der Waals surface area contributed by atoms with Gasteiger partial charge in [-0.25, -0.2) is 8.78 Å². The predicted octanol–water partition coefficient (Wildman–Crippen LogP) is 4.36. The highest BCUT2D eigenvalue weighted by Crippen LogP contribution is 2.24. The zero-order chi connectivity index (χ0) is 11.5. The van der Waals surface area contributed by atoms with Gasteiger partial charge in [-0.05, 0) is 30.3 Å². The normalized spacial score (nSPS) is 10.2. The minimum absolute atomic E-state index is 0.176. The standard InChI is InChI=1S/C12H8ClF2N/c13-8-3-1-4-9(7-8)16-12-10(14)5-2-6-11(12)15/h1-7,16H. The fourth-order valence-corrected chi connectivity index (χ4v) is 1.52. The van der Waals surface area contributed by atoms with Crippen LogP contribution < -0.4 is 5.32 Å². The molecule has 0 fully saturated rings. The summed E-state index contributed by atoms with van der Waals surface area (Å²) in [5.74, 6) is -1.28. The van der Waals surface area contributed by atoms with E-state index in [0.29, 0.717) is 10.7 Å². The van der Waals surface area contributed by atoms with E-state index in [4.69, 9.17) is 11.6 Å². The number of anilines is 2. The van der Waals surface area contributed by atoms with Crippen LogP contribution in [0, 0.1) is 11.6 Å². The Morgan fingerprint density at radius 3 is 2.19 bits per heavy atom. The molecular formula is C12H8ClF2N. The van der Waals surface area contributed by atoms with Gasteiger partial charge in [0.05, 0.1) is 0 Å². The fourth-order valence-electron chi connectivity index (χ4n) is 1.33. The summed E-state index contributed by atoms with van der Waals surface area (Å²) in [6.07, 6.45) is 0. The molecule has 2 rings (SSSR count). The fraction of sp³-hybridized carbons (Fsp3) is 0. The topological polar surface area (TPSA) is 12.0 Å². The molecule has 4 heteroatoms. The van der Waals surface area contributed by atoms with Crippen molar-refractivity contribution in [2.24, 2.45) is 0 Å². The number of hydrogen-bond acceptors (Lipinski definition) is 1. The molecule has 1 nitrogen and oxygen atoms in total. The van der Waals surface area contributed by atoms with Crippen LogP contribution in [0.3, 0.4) is 0 Å². The molecule has 0 aliphatic carbocycles. The Balaban J connectivity index is 2.34. The molecule has 0 bridgehead atoms. The monoisotopic (exact) mass is 239 g/mol. The first-order valence-corrected chi connectivity index (χ1v) is 5.01. The van der Waals surface area contributed by atoms with E-state index in [1.165, 1.54) is 18.2 Å². The van der Waals surface area contributed by atoms with Gasteiger partial charge in [0.15, 0.2) is 0 Å². The summed E-state index contributed by atoms with van der Waals surface area (Å²) in [5, 5.41) is 3.15. The number of halogens is 3. The minimum Gasteiger partial charge on any atom is -0.351 e. The molecule has 0 unspecified atom stereocenters. The second-order valence-electron chi connectivity index (χ2n) is 3.23. The third kappa shape index (κ3) is 2.31. The number of nitrogens with one attached hydrogen (secondary N) is 1. The van der Waals surface area contributed by atoms with Crippen LogP contribution in [0.4, 0.5) is 20.2 Å². The van der Waals surface area contributed by atoms with Crippen molar-refractivity contribution >= 4 is 23.0 Å². The van der Waals surface area contributed by atoms with Crippen LogP contribution in [0.1, 0.15) is 0 Å². The molecule has 0 aliphatic heterocycles. The van der Waals surface area contributed by atoms with E-state index in [2.05, 4.69) is 5.32 Å². The van der Waals surface area contributed by atoms with E-state index < -0.39 is 11.6 Å². The second-order valence-corrected chi connectivity index (χ2v) is 3.67. The largest absolute Gasteiger partial charge is 0.351 e. The van der Waals surface area contributed by atoms with Gasteiger partial charge in [-0.3, -0.25) is 0 Å². The lowest BCUT2D eigenvalue weighted by Crippen LogP contribution is -1.96. The Morgan fingerprint density at radius 2 is 1.56 bits per heavy atom. The van der Waals surface area contributed by atoms with E-state index in [-0.39, 0.29) is 5.69 Å². The van der Waals surface area contributed by atoms with Gasteiger partial charge in [0.2, 0.25) is 0 Å². The van der Waals surface area contributed by atoms with Crippen LogP contribution >= 0.6 is 11.6 Å². The van der Waals surface area contributed by atoms with Gasteiger partial charge in [-0.15, -0.1) is 0 Å². The van der Waals surface area contributed by atoms with E-state index in [1.807, 2.05) is 0 Å². The summed E-state index contributed by atoms with van der Waals surface area (Å²) in [5.41, 5.74) is 0.362. The van der Waals surface area contributed by atoms with E-state index in [0.717, 1.165) is 0 Å². The summed E-state index contributed by atoms with van der Waals surface area (Å²) in [4.78, 5) is 0. The average Bonchev–Trinajstić information content (AvgIpc) is 2.24. The molecule has 0 spiro atoms.